The Bertz CT molecular complexity index is 1150. The Morgan fingerprint density at radius 2 is 1.30 bits per heavy atom. The number of alkyl halides is 9. The zero-order valence-corrected chi connectivity index (χ0v) is 16.7. The average molecular weight is 505 g/mol. The standard InChI is InChI=1S/C18H12F9N3O2S/c19-16(20,21)10-5-9(6-11(7-10)17(22,23)24)14-8-15(18(25,26)27)29-30(14)12-1-3-13(4-2-12)33(28,31)32/h1-7,14H,8H2,(H2,28,31,32). The summed E-state index contributed by atoms with van der Waals surface area (Å²) >= 11 is 0. The number of hydrazone groups is 1. The molecule has 5 nitrogen and oxygen atoms in total. The number of primary sulfonamides is 1. The highest BCUT2D eigenvalue weighted by molar-refractivity contribution is 7.89. The van der Waals surface area contributed by atoms with Gasteiger partial charge in [-0.15, -0.1) is 0 Å². The molecule has 0 amide bonds. The van der Waals surface area contributed by atoms with E-state index in [0.717, 1.165) is 24.3 Å². The second kappa shape index (κ2) is 7.90. The van der Waals surface area contributed by atoms with Crippen LogP contribution in [0, 0.1) is 0 Å². The molecule has 0 aromatic heterocycles. The first-order valence-corrected chi connectivity index (χ1v) is 10.3. The molecule has 1 unspecified atom stereocenters. The van der Waals surface area contributed by atoms with Gasteiger partial charge in [0.05, 0.1) is 27.8 Å². The summed E-state index contributed by atoms with van der Waals surface area (Å²) in [4.78, 5) is -0.416. The van der Waals surface area contributed by atoms with E-state index in [9.17, 15) is 47.9 Å². The van der Waals surface area contributed by atoms with Crippen LogP contribution in [0.5, 0.6) is 0 Å². The fourth-order valence-electron chi connectivity index (χ4n) is 3.14. The van der Waals surface area contributed by atoms with E-state index in [1.165, 1.54) is 0 Å². The average Bonchev–Trinajstić information content (AvgIpc) is 3.11. The number of halogens is 9. The Morgan fingerprint density at radius 1 is 0.818 bits per heavy atom. The maximum Gasteiger partial charge on any atom is 0.431 e. The molecule has 3 rings (SSSR count). The van der Waals surface area contributed by atoms with Crippen molar-refractivity contribution in [3.63, 3.8) is 0 Å². The van der Waals surface area contributed by atoms with Crippen molar-refractivity contribution in [1.29, 1.82) is 0 Å². The zero-order valence-electron chi connectivity index (χ0n) is 15.9. The molecule has 15 heteroatoms. The van der Waals surface area contributed by atoms with Crippen molar-refractivity contribution in [3.05, 3.63) is 59.2 Å². The van der Waals surface area contributed by atoms with Gasteiger partial charge < -0.3 is 0 Å². The summed E-state index contributed by atoms with van der Waals surface area (Å²) in [7, 11) is -4.17. The maximum atomic E-state index is 13.3. The van der Waals surface area contributed by atoms with Gasteiger partial charge in [0, 0.05) is 6.42 Å². The van der Waals surface area contributed by atoms with Crippen LogP contribution in [0.4, 0.5) is 45.2 Å². The van der Waals surface area contributed by atoms with E-state index in [-0.39, 0.29) is 11.8 Å². The number of nitrogens with two attached hydrogens (primary N) is 1. The second-order valence-electron chi connectivity index (χ2n) is 6.99. The molecule has 0 fully saturated rings. The lowest BCUT2D eigenvalue weighted by molar-refractivity contribution is -0.143. The SMILES string of the molecule is NS(=O)(=O)c1ccc(N2N=C(C(F)(F)F)CC2c2cc(C(F)(F)F)cc(C(F)(F)F)c2)cc1. The summed E-state index contributed by atoms with van der Waals surface area (Å²) in [5.41, 5.74) is -5.75. The molecule has 0 saturated heterocycles. The lowest BCUT2D eigenvalue weighted by Crippen LogP contribution is -2.22. The Morgan fingerprint density at radius 3 is 1.70 bits per heavy atom. The Hall–Kier alpha value is -2.81. The molecule has 1 heterocycles. The van der Waals surface area contributed by atoms with E-state index in [1.54, 1.807) is 0 Å². The normalized spacial score (nSPS) is 17.9. The van der Waals surface area contributed by atoms with Crippen LogP contribution in [0.2, 0.25) is 0 Å². The molecule has 0 aliphatic carbocycles. The van der Waals surface area contributed by atoms with E-state index < -0.39 is 68.3 Å². The minimum atomic E-state index is -5.20. The molecule has 33 heavy (non-hydrogen) atoms. The molecule has 0 bridgehead atoms. The van der Waals surface area contributed by atoms with Crippen molar-refractivity contribution >= 4 is 21.4 Å². The van der Waals surface area contributed by atoms with Gasteiger partial charge in [-0.1, -0.05) is 0 Å². The number of hydrogen-bond donors (Lipinski definition) is 1. The zero-order chi connectivity index (χ0) is 25.0. The minimum Gasteiger partial charge on any atom is -0.257 e. The summed E-state index contributed by atoms with van der Waals surface area (Å²) in [6.45, 7) is 0. The van der Waals surface area contributed by atoms with E-state index in [2.05, 4.69) is 5.10 Å². The minimum absolute atomic E-state index is 0.144. The van der Waals surface area contributed by atoms with E-state index in [4.69, 9.17) is 5.14 Å². The van der Waals surface area contributed by atoms with Crippen LogP contribution in [0.3, 0.4) is 0 Å². The predicted molar refractivity (Wildman–Crippen MR) is 97.6 cm³/mol. The highest BCUT2D eigenvalue weighted by atomic mass is 32.2. The number of hydrogen-bond acceptors (Lipinski definition) is 4. The Balaban J connectivity index is 2.16. The lowest BCUT2D eigenvalue weighted by atomic mass is 9.96. The highest BCUT2D eigenvalue weighted by Gasteiger charge is 2.45. The van der Waals surface area contributed by atoms with Gasteiger partial charge in [-0.2, -0.15) is 44.6 Å². The molecule has 1 aliphatic heterocycles. The van der Waals surface area contributed by atoms with E-state index >= 15 is 0 Å². The molecule has 2 aromatic rings. The summed E-state index contributed by atoms with van der Waals surface area (Å²) in [5, 5.41) is 8.88. The van der Waals surface area contributed by atoms with Gasteiger partial charge in [0.25, 0.3) is 0 Å². The van der Waals surface area contributed by atoms with Crippen LogP contribution in [0.15, 0.2) is 52.5 Å². The molecule has 2 N–H and O–H groups in total. The number of nitrogens with zero attached hydrogens (tertiary/aromatic N) is 2. The van der Waals surface area contributed by atoms with Gasteiger partial charge >= 0.3 is 18.5 Å². The largest absolute Gasteiger partial charge is 0.431 e. The van der Waals surface area contributed by atoms with Gasteiger partial charge in [-0.05, 0) is 48.0 Å². The van der Waals surface area contributed by atoms with Crippen LogP contribution in [-0.4, -0.2) is 20.3 Å². The number of benzene rings is 2. The van der Waals surface area contributed by atoms with Crippen molar-refractivity contribution in [1.82, 2.24) is 0 Å². The third kappa shape index (κ3) is 5.40. The molecule has 180 valence electrons. The van der Waals surface area contributed by atoms with Crippen LogP contribution in [0.1, 0.15) is 29.2 Å². The third-order valence-electron chi connectivity index (χ3n) is 4.66. The lowest BCUT2D eigenvalue weighted by Gasteiger charge is -2.25. The van der Waals surface area contributed by atoms with Crippen molar-refractivity contribution < 1.29 is 47.9 Å². The Kier molecular flexibility index (Phi) is 5.94. The molecule has 2 aromatic carbocycles. The monoisotopic (exact) mass is 505 g/mol. The molecular weight excluding hydrogens is 493 g/mol. The van der Waals surface area contributed by atoms with Gasteiger partial charge in [-0.25, -0.2) is 13.6 Å². The summed E-state index contributed by atoms with van der Waals surface area (Å²) in [6, 6.07) is 2.59. The first-order valence-electron chi connectivity index (χ1n) is 8.73. The maximum absolute atomic E-state index is 13.3. The molecule has 0 radical (unpaired) electrons. The first-order chi connectivity index (χ1) is 14.9. The first kappa shape index (κ1) is 24.8. The van der Waals surface area contributed by atoms with Gasteiger partial charge in [0.2, 0.25) is 10.0 Å². The fourth-order valence-corrected chi connectivity index (χ4v) is 3.65. The third-order valence-corrected chi connectivity index (χ3v) is 5.59. The van der Waals surface area contributed by atoms with Gasteiger partial charge in [0.15, 0.2) is 0 Å². The summed E-state index contributed by atoms with van der Waals surface area (Å²) in [5.74, 6) is 0. The summed E-state index contributed by atoms with van der Waals surface area (Å²) in [6.07, 6.45) is -16.5. The van der Waals surface area contributed by atoms with E-state index in [1.807, 2.05) is 0 Å². The smallest absolute Gasteiger partial charge is 0.257 e. The number of sulfonamides is 1. The highest BCUT2D eigenvalue weighted by Crippen LogP contribution is 2.43. The quantitative estimate of drug-likeness (QED) is 0.580. The van der Waals surface area contributed by atoms with Crippen LogP contribution in [-0.2, 0) is 22.4 Å². The second-order valence-corrected chi connectivity index (χ2v) is 8.55. The fraction of sp³-hybridized carbons (Fsp3) is 0.278. The van der Waals surface area contributed by atoms with Gasteiger partial charge in [0.1, 0.15) is 5.71 Å². The predicted octanol–water partition coefficient (Wildman–Crippen LogP) is 5.24. The van der Waals surface area contributed by atoms with Crippen molar-refractivity contribution in [2.75, 3.05) is 5.01 Å². The molecular formula is C18H12F9N3O2S. The van der Waals surface area contributed by atoms with Crippen molar-refractivity contribution in [3.8, 4) is 0 Å². The number of rotatable bonds is 3. The van der Waals surface area contributed by atoms with E-state index in [0.29, 0.717) is 17.1 Å². The number of anilines is 1. The van der Waals surface area contributed by atoms with Gasteiger partial charge in [-0.3, -0.25) is 5.01 Å². The summed E-state index contributed by atoms with van der Waals surface area (Å²) < 4.78 is 142. The molecule has 1 aliphatic rings. The van der Waals surface area contributed by atoms with Crippen LogP contribution in [0.25, 0.3) is 0 Å². The molecule has 0 saturated carbocycles. The van der Waals surface area contributed by atoms with Crippen molar-refractivity contribution in [2.45, 2.75) is 35.9 Å². The molecule has 1 atom stereocenters. The topological polar surface area (TPSA) is 75.8 Å². The Labute approximate surface area is 180 Å². The van der Waals surface area contributed by atoms with Crippen LogP contribution < -0.4 is 10.1 Å². The van der Waals surface area contributed by atoms with Crippen LogP contribution >= 0.6 is 0 Å². The molecule has 0 spiro atoms. The van der Waals surface area contributed by atoms with Crippen molar-refractivity contribution in [2.24, 2.45) is 10.2 Å².